The Balaban J connectivity index is 2.50. The first-order valence-corrected chi connectivity index (χ1v) is 12.4. The number of hydrogen-bond acceptors (Lipinski definition) is 4. The number of rotatable bonds is 8. The molecule has 0 aromatic heterocycles. The first-order chi connectivity index (χ1) is 15.6. The van der Waals surface area contributed by atoms with E-state index >= 15 is 0 Å². The minimum absolute atomic E-state index is 0.109. The Kier molecular flexibility index (Phi) is 8.84. The number of likely N-dealkylation sites (N-methyl/N-ethyl adjacent to an activating group) is 1. The molecule has 2 amide bonds. The summed E-state index contributed by atoms with van der Waals surface area (Å²) in [6.45, 7) is 0.437. The molecule has 0 unspecified atom stereocenters. The maximum atomic E-state index is 13.3. The van der Waals surface area contributed by atoms with E-state index < -0.39 is 51.9 Å². The Labute approximate surface area is 205 Å². The number of amides is 2. The summed E-state index contributed by atoms with van der Waals surface area (Å²) in [7, 11) is -2.88. The molecule has 0 heterocycles. The second kappa shape index (κ2) is 10.8. The van der Waals surface area contributed by atoms with Crippen LogP contribution in [0.4, 0.5) is 18.9 Å². The monoisotopic (exact) mass is 539 g/mol. The van der Waals surface area contributed by atoms with Crippen molar-refractivity contribution in [3.8, 4) is 0 Å². The highest BCUT2D eigenvalue weighted by Crippen LogP contribution is 2.36. The molecular formula is C21H22Cl2F3N3O4S. The van der Waals surface area contributed by atoms with Gasteiger partial charge in [0.25, 0.3) is 0 Å². The van der Waals surface area contributed by atoms with Gasteiger partial charge in [-0.1, -0.05) is 35.3 Å². The van der Waals surface area contributed by atoms with Crippen LogP contribution >= 0.6 is 23.2 Å². The van der Waals surface area contributed by atoms with Crippen molar-refractivity contribution in [1.29, 1.82) is 0 Å². The van der Waals surface area contributed by atoms with Crippen LogP contribution in [0.15, 0.2) is 42.5 Å². The van der Waals surface area contributed by atoms with Crippen LogP contribution in [0.3, 0.4) is 0 Å². The molecule has 0 spiro atoms. The number of carbonyl (C=O) groups excluding carboxylic acids is 2. The summed E-state index contributed by atoms with van der Waals surface area (Å²) in [4.78, 5) is 26.6. The number of carbonyl (C=O) groups is 2. The molecule has 1 N–H and O–H groups in total. The molecule has 0 saturated heterocycles. The minimum Gasteiger partial charge on any atom is -0.357 e. The number of nitrogens with zero attached hydrogens (tertiary/aromatic N) is 2. The Morgan fingerprint density at radius 2 is 1.76 bits per heavy atom. The average molecular weight is 540 g/mol. The van der Waals surface area contributed by atoms with Crippen LogP contribution in [0, 0.1) is 0 Å². The number of hydrogen-bond donors (Lipinski definition) is 1. The molecule has 0 fully saturated rings. The van der Waals surface area contributed by atoms with Crippen LogP contribution in [0.2, 0.25) is 10.0 Å². The van der Waals surface area contributed by atoms with Gasteiger partial charge in [-0.15, -0.1) is 0 Å². The molecule has 0 saturated carbocycles. The highest BCUT2D eigenvalue weighted by molar-refractivity contribution is 7.92. The second-order valence-corrected chi connectivity index (χ2v) is 10.1. The third kappa shape index (κ3) is 7.00. The van der Waals surface area contributed by atoms with Gasteiger partial charge in [-0.05, 0) is 42.8 Å². The molecule has 0 aliphatic rings. The van der Waals surface area contributed by atoms with Crippen molar-refractivity contribution in [3.63, 3.8) is 0 Å². The lowest BCUT2D eigenvalue weighted by Crippen LogP contribution is -2.50. The summed E-state index contributed by atoms with van der Waals surface area (Å²) >= 11 is 12.0. The third-order valence-corrected chi connectivity index (χ3v) is 6.56. The van der Waals surface area contributed by atoms with E-state index in [9.17, 15) is 31.2 Å². The van der Waals surface area contributed by atoms with Gasteiger partial charge in [-0.2, -0.15) is 13.2 Å². The van der Waals surface area contributed by atoms with Crippen LogP contribution in [-0.2, 0) is 32.3 Å². The lowest BCUT2D eigenvalue weighted by atomic mass is 10.1. The topological polar surface area (TPSA) is 86.8 Å². The van der Waals surface area contributed by atoms with E-state index in [-0.39, 0.29) is 11.6 Å². The summed E-state index contributed by atoms with van der Waals surface area (Å²) in [5.74, 6) is -1.37. The number of alkyl halides is 3. The maximum Gasteiger partial charge on any atom is 0.416 e. The molecule has 2 rings (SSSR count). The molecule has 186 valence electrons. The van der Waals surface area contributed by atoms with Crippen LogP contribution < -0.4 is 9.62 Å². The predicted molar refractivity (Wildman–Crippen MR) is 124 cm³/mol. The Morgan fingerprint density at radius 1 is 1.12 bits per heavy atom. The zero-order chi connectivity index (χ0) is 25.8. The molecular weight excluding hydrogens is 518 g/mol. The normalized spacial score (nSPS) is 12.7. The van der Waals surface area contributed by atoms with Crippen LogP contribution in [0.1, 0.15) is 18.1 Å². The average Bonchev–Trinajstić information content (AvgIpc) is 2.73. The summed E-state index contributed by atoms with van der Waals surface area (Å²) in [5, 5.41) is 2.49. The fraction of sp³-hybridized carbons (Fsp3) is 0.333. The smallest absolute Gasteiger partial charge is 0.357 e. The minimum atomic E-state index is -4.77. The van der Waals surface area contributed by atoms with Crippen molar-refractivity contribution in [3.05, 3.63) is 63.6 Å². The van der Waals surface area contributed by atoms with Gasteiger partial charge in [0.1, 0.15) is 12.6 Å². The molecule has 2 aromatic rings. The quantitative estimate of drug-likeness (QED) is 0.550. The van der Waals surface area contributed by atoms with Crippen LogP contribution in [0.25, 0.3) is 0 Å². The molecule has 0 aliphatic heterocycles. The fourth-order valence-electron chi connectivity index (χ4n) is 3.10. The van der Waals surface area contributed by atoms with E-state index in [1.807, 2.05) is 0 Å². The van der Waals surface area contributed by atoms with Crippen molar-refractivity contribution >= 4 is 50.7 Å². The molecule has 7 nitrogen and oxygen atoms in total. The summed E-state index contributed by atoms with van der Waals surface area (Å²) in [6.07, 6.45) is -4.03. The number of nitrogens with one attached hydrogen (secondary N) is 1. The summed E-state index contributed by atoms with van der Waals surface area (Å²) in [6, 6.07) is 7.59. The summed E-state index contributed by atoms with van der Waals surface area (Å²) < 4.78 is 65.1. The highest BCUT2D eigenvalue weighted by atomic mass is 35.5. The van der Waals surface area contributed by atoms with Gasteiger partial charge in [-0.3, -0.25) is 13.9 Å². The first-order valence-electron chi connectivity index (χ1n) is 9.75. The van der Waals surface area contributed by atoms with Gasteiger partial charge in [-0.25, -0.2) is 8.42 Å². The van der Waals surface area contributed by atoms with Gasteiger partial charge in [0.05, 0.1) is 22.5 Å². The maximum absolute atomic E-state index is 13.3. The highest BCUT2D eigenvalue weighted by Gasteiger charge is 2.34. The Hall–Kier alpha value is -2.50. The molecule has 0 aliphatic carbocycles. The van der Waals surface area contributed by atoms with E-state index in [1.54, 1.807) is 24.3 Å². The van der Waals surface area contributed by atoms with Gasteiger partial charge >= 0.3 is 6.18 Å². The fourth-order valence-corrected chi connectivity index (χ4v) is 4.43. The van der Waals surface area contributed by atoms with Crippen LogP contribution in [-0.4, -0.2) is 51.0 Å². The van der Waals surface area contributed by atoms with Crippen molar-refractivity contribution in [2.75, 3.05) is 24.2 Å². The Bertz CT molecular complexity index is 1180. The molecule has 34 heavy (non-hydrogen) atoms. The molecule has 1 atom stereocenters. The molecule has 13 heteroatoms. The van der Waals surface area contributed by atoms with Crippen molar-refractivity contribution < 1.29 is 31.2 Å². The van der Waals surface area contributed by atoms with E-state index in [4.69, 9.17) is 23.2 Å². The van der Waals surface area contributed by atoms with Crippen molar-refractivity contribution in [2.24, 2.45) is 0 Å². The van der Waals surface area contributed by atoms with Gasteiger partial charge in [0.2, 0.25) is 21.8 Å². The largest absolute Gasteiger partial charge is 0.416 e. The number of anilines is 1. The Morgan fingerprint density at radius 3 is 2.29 bits per heavy atom. The van der Waals surface area contributed by atoms with Gasteiger partial charge in [0.15, 0.2) is 0 Å². The lowest BCUT2D eigenvalue weighted by molar-refractivity contribution is -0.139. The van der Waals surface area contributed by atoms with E-state index in [1.165, 1.54) is 14.0 Å². The first kappa shape index (κ1) is 27.7. The molecule has 0 radical (unpaired) electrons. The zero-order valence-electron chi connectivity index (χ0n) is 18.4. The number of benzene rings is 2. The zero-order valence-corrected chi connectivity index (χ0v) is 20.7. The van der Waals surface area contributed by atoms with Crippen LogP contribution in [0.5, 0.6) is 0 Å². The van der Waals surface area contributed by atoms with E-state index in [2.05, 4.69) is 5.32 Å². The van der Waals surface area contributed by atoms with E-state index in [0.29, 0.717) is 27.0 Å². The van der Waals surface area contributed by atoms with Gasteiger partial charge < -0.3 is 10.2 Å². The van der Waals surface area contributed by atoms with Crippen molar-refractivity contribution in [1.82, 2.24) is 10.2 Å². The lowest BCUT2D eigenvalue weighted by Gasteiger charge is -2.31. The second-order valence-electron chi connectivity index (χ2n) is 7.38. The SMILES string of the molecule is CNC(=O)[C@H](C)N(Cc1cccc(Cl)c1)C(=O)CN(c1cc(C(F)(F)F)ccc1Cl)S(C)(=O)=O. The van der Waals surface area contributed by atoms with Crippen molar-refractivity contribution in [2.45, 2.75) is 25.7 Å². The predicted octanol–water partition coefficient (Wildman–Crippen LogP) is 3.94. The molecule has 0 bridgehead atoms. The summed E-state index contributed by atoms with van der Waals surface area (Å²) in [5.41, 5.74) is -1.09. The standard InChI is InChI=1S/C21H22Cl2F3N3O4S/c1-13(20(31)27-2)28(11-14-5-4-6-16(22)9-14)19(30)12-29(34(3,32)33)18-10-15(21(24,25)26)7-8-17(18)23/h4-10,13H,11-12H2,1-3H3,(H,27,31)/t13-/m0/s1. The third-order valence-electron chi connectivity index (χ3n) is 4.88. The van der Waals surface area contributed by atoms with Gasteiger partial charge in [0, 0.05) is 18.6 Å². The van der Waals surface area contributed by atoms with E-state index in [0.717, 1.165) is 17.2 Å². The number of halogens is 5. The number of sulfonamides is 1. The molecule has 2 aromatic carbocycles.